The number of aromatic nitrogens is 5. The third-order valence-electron chi connectivity index (χ3n) is 4.16. The number of carbonyl (C=O) groups excluding carboxylic acids is 1. The van der Waals surface area contributed by atoms with Crippen molar-refractivity contribution in [2.75, 3.05) is 5.32 Å². The van der Waals surface area contributed by atoms with E-state index in [2.05, 4.69) is 25.8 Å². The molecule has 0 saturated carbocycles. The van der Waals surface area contributed by atoms with Gasteiger partial charge in [-0.3, -0.25) is 4.79 Å². The number of carbonyl (C=O) groups is 1. The fourth-order valence-corrected chi connectivity index (χ4v) is 2.81. The minimum Gasteiger partial charge on any atom is -0.337 e. The summed E-state index contributed by atoms with van der Waals surface area (Å²) in [6.45, 7) is 3.87. The smallest absolute Gasteiger partial charge is 0.303 e. The summed E-state index contributed by atoms with van der Waals surface area (Å²) in [5.74, 6) is 0.00123. The Bertz CT molecular complexity index is 1080. The van der Waals surface area contributed by atoms with Gasteiger partial charge in [-0.15, -0.1) is 10.2 Å². The molecule has 0 bridgehead atoms. The zero-order valence-corrected chi connectivity index (χ0v) is 15.0. The number of hydrogen-bond acceptors (Lipinski definition) is 5. The van der Waals surface area contributed by atoms with Crippen molar-refractivity contribution in [1.29, 1.82) is 0 Å². The van der Waals surface area contributed by atoms with Gasteiger partial charge >= 0.3 is 5.91 Å². The van der Waals surface area contributed by atoms with E-state index in [1.807, 2.05) is 74.5 Å². The molecule has 4 rings (SSSR count). The second-order valence-corrected chi connectivity index (χ2v) is 6.27. The summed E-state index contributed by atoms with van der Waals surface area (Å²) in [6, 6.07) is 19.3. The van der Waals surface area contributed by atoms with Gasteiger partial charge < -0.3 is 5.32 Å². The van der Waals surface area contributed by atoms with E-state index in [0.29, 0.717) is 11.5 Å². The van der Waals surface area contributed by atoms with Crippen LogP contribution in [0.4, 0.5) is 11.5 Å². The molecule has 2 aromatic heterocycles. The predicted octanol–water partition coefficient (Wildman–Crippen LogP) is 3.72. The Balaban J connectivity index is 1.69. The number of benzene rings is 2. The third-order valence-corrected chi connectivity index (χ3v) is 4.16. The van der Waals surface area contributed by atoms with Gasteiger partial charge in [0.1, 0.15) is 0 Å². The van der Waals surface area contributed by atoms with Crippen LogP contribution >= 0.6 is 0 Å². The zero-order chi connectivity index (χ0) is 18.8. The van der Waals surface area contributed by atoms with Crippen molar-refractivity contribution in [3.8, 4) is 11.3 Å². The Morgan fingerprint density at radius 2 is 1.74 bits per heavy atom. The molecule has 0 amide bonds. The van der Waals surface area contributed by atoms with Crippen molar-refractivity contribution in [1.82, 2.24) is 25.2 Å². The molecule has 4 aromatic rings. The highest BCUT2D eigenvalue weighted by Gasteiger charge is 2.22. The van der Waals surface area contributed by atoms with Gasteiger partial charge in [0.15, 0.2) is 11.5 Å². The molecular formula is C20H18N6O. The van der Waals surface area contributed by atoms with Crippen molar-refractivity contribution in [2.24, 2.45) is 0 Å². The number of aromatic amines is 1. The van der Waals surface area contributed by atoms with Gasteiger partial charge in [0, 0.05) is 11.3 Å². The lowest BCUT2D eigenvalue weighted by atomic mass is 10.1. The van der Waals surface area contributed by atoms with Crippen LogP contribution in [0.3, 0.4) is 0 Å². The molecule has 0 aliphatic carbocycles. The first-order valence-corrected chi connectivity index (χ1v) is 8.53. The van der Waals surface area contributed by atoms with Crippen LogP contribution in [0, 0.1) is 13.8 Å². The molecule has 2 N–H and O–H groups in total. The molecule has 7 heteroatoms. The van der Waals surface area contributed by atoms with Gasteiger partial charge in [0.2, 0.25) is 0 Å². The van der Waals surface area contributed by atoms with Crippen LogP contribution in [0.15, 0.2) is 60.7 Å². The number of H-pyrrole nitrogens is 1. The molecule has 0 unspecified atom stereocenters. The maximum atomic E-state index is 13.1. The summed E-state index contributed by atoms with van der Waals surface area (Å²) in [6.07, 6.45) is 0. The SMILES string of the molecule is Cc1ccc(Nc2n[nH]nc2C(=O)n2nc(C)cc2-c2ccccc2)cc1. The van der Waals surface area contributed by atoms with Gasteiger partial charge in [-0.05, 0) is 32.0 Å². The molecule has 0 fully saturated rings. The molecule has 2 aromatic carbocycles. The quantitative estimate of drug-likeness (QED) is 0.580. The fourth-order valence-electron chi connectivity index (χ4n) is 2.81. The van der Waals surface area contributed by atoms with Crippen molar-refractivity contribution in [3.63, 3.8) is 0 Å². The van der Waals surface area contributed by atoms with Crippen molar-refractivity contribution < 1.29 is 4.79 Å². The van der Waals surface area contributed by atoms with E-state index in [9.17, 15) is 4.79 Å². The molecule has 134 valence electrons. The number of anilines is 2. The maximum absolute atomic E-state index is 13.1. The highest BCUT2D eigenvalue weighted by atomic mass is 16.2. The number of rotatable bonds is 4. The van der Waals surface area contributed by atoms with Crippen LogP contribution in [0.5, 0.6) is 0 Å². The second kappa shape index (κ2) is 6.87. The van der Waals surface area contributed by atoms with Crippen LogP contribution in [0.25, 0.3) is 11.3 Å². The molecule has 0 spiro atoms. The van der Waals surface area contributed by atoms with E-state index in [0.717, 1.165) is 22.5 Å². The minimum atomic E-state index is -0.356. The Labute approximate surface area is 156 Å². The van der Waals surface area contributed by atoms with Crippen molar-refractivity contribution >= 4 is 17.4 Å². The molecular weight excluding hydrogens is 340 g/mol. The highest BCUT2D eigenvalue weighted by Crippen LogP contribution is 2.23. The summed E-state index contributed by atoms with van der Waals surface area (Å²) >= 11 is 0. The first-order valence-electron chi connectivity index (χ1n) is 8.53. The van der Waals surface area contributed by atoms with Crippen molar-refractivity contribution in [3.05, 3.63) is 77.6 Å². The van der Waals surface area contributed by atoms with Gasteiger partial charge in [-0.1, -0.05) is 48.0 Å². The van der Waals surface area contributed by atoms with Gasteiger partial charge in [0.25, 0.3) is 0 Å². The maximum Gasteiger partial charge on any atom is 0.303 e. The predicted molar refractivity (Wildman–Crippen MR) is 103 cm³/mol. The normalized spacial score (nSPS) is 10.7. The second-order valence-electron chi connectivity index (χ2n) is 6.27. The minimum absolute atomic E-state index is 0.177. The van der Waals surface area contributed by atoms with Crippen LogP contribution in [-0.4, -0.2) is 31.1 Å². The number of aryl methyl sites for hydroxylation is 2. The Morgan fingerprint density at radius 3 is 2.48 bits per heavy atom. The number of hydrogen-bond donors (Lipinski definition) is 2. The van der Waals surface area contributed by atoms with E-state index >= 15 is 0 Å². The molecule has 0 saturated heterocycles. The molecule has 7 nitrogen and oxygen atoms in total. The van der Waals surface area contributed by atoms with Crippen LogP contribution < -0.4 is 5.32 Å². The molecule has 0 atom stereocenters. The summed E-state index contributed by atoms with van der Waals surface area (Å²) in [5.41, 5.74) is 4.51. The number of nitrogens with one attached hydrogen (secondary N) is 2. The average Bonchev–Trinajstić information content (AvgIpc) is 3.30. The topological polar surface area (TPSA) is 88.5 Å². The lowest BCUT2D eigenvalue weighted by Crippen LogP contribution is -2.17. The molecule has 0 radical (unpaired) electrons. The first-order chi connectivity index (χ1) is 13.1. The van der Waals surface area contributed by atoms with Gasteiger partial charge in [0.05, 0.1) is 11.4 Å². The first kappa shape index (κ1) is 16.7. The zero-order valence-electron chi connectivity index (χ0n) is 15.0. The number of nitrogens with zero attached hydrogens (tertiary/aromatic N) is 4. The van der Waals surface area contributed by atoms with Crippen LogP contribution in [-0.2, 0) is 0 Å². The Hall–Kier alpha value is -3.74. The molecule has 27 heavy (non-hydrogen) atoms. The summed E-state index contributed by atoms with van der Waals surface area (Å²) in [5, 5.41) is 18.1. The summed E-state index contributed by atoms with van der Waals surface area (Å²) in [7, 11) is 0. The van der Waals surface area contributed by atoms with Crippen LogP contribution in [0.1, 0.15) is 21.7 Å². The lowest BCUT2D eigenvalue weighted by Gasteiger charge is -2.07. The van der Waals surface area contributed by atoms with E-state index in [4.69, 9.17) is 0 Å². The third kappa shape index (κ3) is 3.35. The Kier molecular flexibility index (Phi) is 4.25. The van der Waals surface area contributed by atoms with E-state index in [1.165, 1.54) is 4.68 Å². The monoisotopic (exact) mass is 358 g/mol. The Morgan fingerprint density at radius 1 is 1.00 bits per heavy atom. The average molecular weight is 358 g/mol. The van der Waals surface area contributed by atoms with Crippen molar-refractivity contribution in [2.45, 2.75) is 13.8 Å². The molecule has 0 aliphatic rings. The van der Waals surface area contributed by atoms with Gasteiger partial charge in [-0.2, -0.15) is 15.0 Å². The largest absolute Gasteiger partial charge is 0.337 e. The fraction of sp³-hybridized carbons (Fsp3) is 0.100. The molecule has 2 heterocycles. The highest BCUT2D eigenvalue weighted by molar-refractivity contribution is 6.00. The summed E-state index contributed by atoms with van der Waals surface area (Å²) < 4.78 is 1.36. The summed E-state index contributed by atoms with van der Waals surface area (Å²) in [4.78, 5) is 13.1. The molecule has 0 aliphatic heterocycles. The van der Waals surface area contributed by atoms with Gasteiger partial charge in [-0.25, -0.2) is 0 Å². The van der Waals surface area contributed by atoms with E-state index in [1.54, 1.807) is 0 Å². The van der Waals surface area contributed by atoms with E-state index in [-0.39, 0.29) is 11.6 Å². The van der Waals surface area contributed by atoms with E-state index < -0.39 is 0 Å². The standard InChI is InChI=1S/C20H18N6O/c1-13-8-10-16(11-9-13)21-19-18(22-25-23-19)20(27)26-17(12-14(2)24-26)15-6-4-3-5-7-15/h3-12H,1-2H3,(H2,21,22,23,25). The van der Waals surface area contributed by atoms with Crippen LogP contribution in [0.2, 0.25) is 0 Å². The lowest BCUT2D eigenvalue weighted by molar-refractivity contribution is 0.0942.